The number of halogens is 2. The molecular formula is C13H12Br2N2O. The van der Waals surface area contributed by atoms with E-state index in [1.54, 1.807) is 16.8 Å². The van der Waals surface area contributed by atoms with Gasteiger partial charge in [0.1, 0.15) is 0 Å². The first-order chi connectivity index (χ1) is 8.58. The Labute approximate surface area is 122 Å². The summed E-state index contributed by atoms with van der Waals surface area (Å²) in [6.07, 6.45) is 2.52. The third-order valence-corrected chi connectivity index (χ3v) is 3.69. The van der Waals surface area contributed by atoms with Crippen LogP contribution in [-0.2, 0) is 13.0 Å². The van der Waals surface area contributed by atoms with Gasteiger partial charge in [0.2, 0.25) is 0 Å². The Morgan fingerprint density at radius 1 is 1.22 bits per heavy atom. The van der Waals surface area contributed by atoms with Gasteiger partial charge in [-0.15, -0.1) is 0 Å². The molecule has 2 aromatic rings. The zero-order chi connectivity index (χ0) is 13.1. The average Bonchev–Trinajstić information content (AvgIpc) is 2.33. The number of benzene rings is 1. The summed E-state index contributed by atoms with van der Waals surface area (Å²) in [7, 11) is 0. The number of nitrogens with zero attached hydrogens (tertiary/aromatic N) is 1. The summed E-state index contributed by atoms with van der Waals surface area (Å²) in [5.41, 5.74) is 7.66. The molecule has 94 valence electrons. The second-order valence-electron chi connectivity index (χ2n) is 3.95. The maximum Gasteiger partial charge on any atom is 0.264 e. The van der Waals surface area contributed by atoms with Gasteiger partial charge < -0.3 is 10.3 Å². The molecule has 0 aliphatic rings. The lowest BCUT2D eigenvalue weighted by Crippen LogP contribution is -2.21. The second kappa shape index (κ2) is 5.71. The second-order valence-corrected chi connectivity index (χ2v) is 5.72. The van der Waals surface area contributed by atoms with Crippen LogP contribution in [0.5, 0.6) is 0 Å². The summed E-state index contributed by atoms with van der Waals surface area (Å²) >= 11 is 6.62. The highest BCUT2D eigenvalue weighted by Crippen LogP contribution is 2.15. The molecular weight excluding hydrogens is 360 g/mol. The van der Waals surface area contributed by atoms with E-state index < -0.39 is 0 Å². The van der Waals surface area contributed by atoms with Gasteiger partial charge in [0, 0.05) is 22.9 Å². The summed E-state index contributed by atoms with van der Waals surface area (Å²) in [4.78, 5) is 11.9. The number of pyridine rings is 1. The summed E-state index contributed by atoms with van der Waals surface area (Å²) in [5.74, 6) is 0. The van der Waals surface area contributed by atoms with Crippen LogP contribution in [0, 0.1) is 0 Å². The Bertz CT molecular complexity index is 623. The van der Waals surface area contributed by atoms with Gasteiger partial charge in [-0.05, 0) is 56.0 Å². The molecule has 0 aliphatic carbocycles. The minimum Gasteiger partial charge on any atom is -0.399 e. The third-order valence-electron chi connectivity index (χ3n) is 2.69. The number of nitrogen functional groups attached to an aromatic ring is 1. The van der Waals surface area contributed by atoms with Crippen LogP contribution in [0.4, 0.5) is 5.69 Å². The van der Waals surface area contributed by atoms with Gasteiger partial charge in [0.25, 0.3) is 5.56 Å². The zero-order valence-corrected chi connectivity index (χ0v) is 12.7. The van der Waals surface area contributed by atoms with E-state index in [1.807, 2.05) is 24.3 Å². The molecule has 0 radical (unpaired) electrons. The van der Waals surface area contributed by atoms with E-state index in [1.165, 1.54) is 0 Å². The molecule has 0 bridgehead atoms. The van der Waals surface area contributed by atoms with Crippen molar-refractivity contribution in [2.24, 2.45) is 0 Å². The first-order valence-corrected chi connectivity index (χ1v) is 7.05. The highest BCUT2D eigenvalue weighted by Gasteiger charge is 2.04. The number of aryl methyl sites for hydroxylation is 2. The van der Waals surface area contributed by atoms with Crippen LogP contribution in [-0.4, -0.2) is 4.57 Å². The Kier molecular flexibility index (Phi) is 4.24. The van der Waals surface area contributed by atoms with Crippen molar-refractivity contribution in [2.75, 3.05) is 5.73 Å². The number of rotatable bonds is 3. The molecule has 5 heteroatoms. The minimum absolute atomic E-state index is 0.0345. The number of hydrogen-bond acceptors (Lipinski definition) is 2. The molecule has 18 heavy (non-hydrogen) atoms. The third kappa shape index (κ3) is 3.03. The van der Waals surface area contributed by atoms with Gasteiger partial charge in [-0.25, -0.2) is 0 Å². The minimum atomic E-state index is -0.0345. The Hall–Kier alpha value is -1.07. The van der Waals surface area contributed by atoms with E-state index in [0.717, 1.165) is 22.1 Å². The predicted molar refractivity (Wildman–Crippen MR) is 80.7 cm³/mol. The Morgan fingerprint density at radius 2 is 1.94 bits per heavy atom. The number of para-hydroxylation sites is 1. The molecule has 0 amide bonds. The van der Waals surface area contributed by atoms with Crippen LogP contribution in [0.2, 0.25) is 0 Å². The first kappa shape index (κ1) is 13.4. The zero-order valence-electron chi connectivity index (χ0n) is 9.57. The van der Waals surface area contributed by atoms with Crippen molar-refractivity contribution in [3.05, 3.63) is 61.4 Å². The molecule has 0 unspecified atom stereocenters. The molecule has 0 saturated carbocycles. The van der Waals surface area contributed by atoms with E-state index in [2.05, 4.69) is 31.9 Å². The van der Waals surface area contributed by atoms with Crippen LogP contribution in [0.25, 0.3) is 0 Å². The van der Waals surface area contributed by atoms with Crippen LogP contribution < -0.4 is 11.3 Å². The van der Waals surface area contributed by atoms with E-state index in [-0.39, 0.29) is 5.56 Å². The molecule has 2 rings (SSSR count). The summed E-state index contributed by atoms with van der Waals surface area (Å²) in [5, 5.41) is 0. The maximum absolute atomic E-state index is 11.9. The van der Waals surface area contributed by atoms with Crippen molar-refractivity contribution >= 4 is 37.5 Å². The van der Waals surface area contributed by atoms with E-state index in [4.69, 9.17) is 5.73 Å². The fraction of sp³-hybridized carbons (Fsp3) is 0.154. The van der Waals surface area contributed by atoms with Crippen molar-refractivity contribution in [1.29, 1.82) is 0 Å². The SMILES string of the molecule is Nc1ccccc1CCn1cc(Br)cc(Br)c1=O. The fourth-order valence-corrected chi connectivity index (χ4v) is 2.99. The summed E-state index contributed by atoms with van der Waals surface area (Å²) < 4.78 is 3.09. The molecule has 0 spiro atoms. The van der Waals surface area contributed by atoms with Gasteiger partial charge in [-0.3, -0.25) is 4.79 Å². The van der Waals surface area contributed by atoms with E-state index >= 15 is 0 Å². The van der Waals surface area contributed by atoms with Gasteiger partial charge in [-0.1, -0.05) is 18.2 Å². The number of anilines is 1. The highest BCUT2D eigenvalue weighted by molar-refractivity contribution is 9.11. The molecule has 0 atom stereocenters. The number of aromatic nitrogens is 1. The van der Waals surface area contributed by atoms with Gasteiger partial charge in [0.05, 0.1) is 4.47 Å². The molecule has 1 heterocycles. The summed E-state index contributed by atoms with van der Waals surface area (Å²) in [6.45, 7) is 0.602. The quantitative estimate of drug-likeness (QED) is 0.842. The van der Waals surface area contributed by atoms with Crippen molar-refractivity contribution in [3.8, 4) is 0 Å². The molecule has 1 aromatic carbocycles. The van der Waals surface area contributed by atoms with E-state index in [0.29, 0.717) is 11.0 Å². The van der Waals surface area contributed by atoms with Crippen molar-refractivity contribution < 1.29 is 0 Å². The van der Waals surface area contributed by atoms with Crippen molar-refractivity contribution in [3.63, 3.8) is 0 Å². The van der Waals surface area contributed by atoms with Crippen LogP contribution in [0.3, 0.4) is 0 Å². The predicted octanol–water partition coefficient (Wildman–Crippen LogP) is 3.20. The first-order valence-electron chi connectivity index (χ1n) is 5.47. The lowest BCUT2D eigenvalue weighted by atomic mass is 10.1. The Balaban J connectivity index is 2.21. The molecule has 3 nitrogen and oxygen atoms in total. The lowest BCUT2D eigenvalue weighted by molar-refractivity contribution is 0.665. The fourth-order valence-electron chi connectivity index (χ4n) is 1.73. The van der Waals surface area contributed by atoms with Crippen LogP contribution in [0.15, 0.2) is 50.3 Å². The topological polar surface area (TPSA) is 48.0 Å². The average molecular weight is 372 g/mol. The van der Waals surface area contributed by atoms with Gasteiger partial charge in [-0.2, -0.15) is 0 Å². The number of nitrogens with two attached hydrogens (primary N) is 1. The largest absolute Gasteiger partial charge is 0.399 e. The van der Waals surface area contributed by atoms with Gasteiger partial charge >= 0.3 is 0 Å². The summed E-state index contributed by atoms with van der Waals surface area (Å²) in [6, 6.07) is 9.45. The highest BCUT2D eigenvalue weighted by atomic mass is 79.9. The molecule has 0 fully saturated rings. The van der Waals surface area contributed by atoms with Crippen LogP contribution >= 0.6 is 31.9 Å². The van der Waals surface area contributed by atoms with Crippen LogP contribution in [0.1, 0.15) is 5.56 Å². The van der Waals surface area contributed by atoms with Gasteiger partial charge in [0.15, 0.2) is 0 Å². The Morgan fingerprint density at radius 3 is 2.67 bits per heavy atom. The molecule has 0 saturated heterocycles. The molecule has 0 aliphatic heterocycles. The molecule has 2 N–H and O–H groups in total. The monoisotopic (exact) mass is 370 g/mol. The smallest absolute Gasteiger partial charge is 0.264 e. The van der Waals surface area contributed by atoms with Crippen molar-refractivity contribution in [2.45, 2.75) is 13.0 Å². The van der Waals surface area contributed by atoms with E-state index in [9.17, 15) is 4.79 Å². The maximum atomic E-state index is 11.9. The normalized spacial score (nSPS) is 10.6. The molecule has 1 aromatic heterocycles. The van der Waals surface area contributed by atoms with Crippen molar-refractivity contribution in [1.82, 2.24) is 4.57 Å². The number of hydrogen-bond donors (Lipinski definition) is 1. The lowest BCUT2D eigenvalue weighted by Gasteiger charge is -2.09. The standard InChI is InChI=1S/C13H12Br2N2O/c14-10-7-11(15)13(18)17(8-10)6-5-9-3-1-2-4-12(9)16/h1-4,7-8H,5-6,16H2.